The molecule has 2 aromatic carbocycles. The highest BCUT2D eigenvalue weighted by atomic mass is 79.9. The van der Waals surface area contributed by atoms with Crippen LogP contribution in [0.4, 0.5) is 10.1 Å². The summed E-state index contributed by atoms with van der Waals surface area (Å²) >= 11 is 3.30. The Labute approximate surface area is 131 Å². The van der Waals surface area contributed by atoms with E-state index in [2.05, 4.69) is 15.9 Å². The quantitative estimate of drug-likeness (QED) is 0.739. The molecule has 0 radical (unpaired) electrons. The minimum atomic E-state index is -0.488. The summed E-state index contributed by atoms with van der Waals surface area (Å²) in [5, 5.41) is 0. The molecule has 1 aliphatic rings. The number of carbonyl (C=O) groups excluding carboxylic acids is 1. The van der Waals surface area contributed by atoms with Crippen LogP contribution in [-0.4, -0.2) is 11.9 Å². The highest BCUT2D eigenvalue weighted by molar-refractivity contribution is 9.10. The summed E-state index contributed by atoms with van der Waals surface area (Å²) in [5.74, 6) is -0.771. The summed E-state index contributed by atoms with van der Waals surface area (Å²) in [7, 11) is 0. The van der Waals surface area contributed by atoms with Crippen LogP contribution in [-0.2, 0) is 6.42 Å². The number of amides is 1. The smallest absolute Gasteiger partial charge is 0.261 e. The summed E-state index contributed by atoms with van der Waals surface area (Å²) < 4.78 is 14.7. The lowest BCUT2D eigenvalue weighted by Gasteiger charge is -2.35. The van der Waals surface area contributed by atoms with Gasteiger partial charge in [0.05, 0.1) is 5.56 Å². The highest BCUT2D eigenvalue weighted by Crippen LogP contribution is 2.32. The zero-order valence-corrected chi connectivity index (χ0v) is 13.2. The first-order chi connectivity index (χ1) is 10.1. The molecule has 2 aromatic rings. The molecule has 0 bridgehead atoms. The van der Waals surface area contributed by atoms with Crippen LogP contribution >= 0.6 is 15.9 Å². The van der Waals surface area contributed by atoms with E-state index in [0.29, 0.717) is 4.47 Å². The molecule has 1 amide bonds. The lowest BCUT2D eigenvalue weighted by atomic mass is 9.95. The van der Waals surface area contributed by atoms with Gasteiger partial charge in [0.1, 0.15) is 5.82 Å². The molecule has 0 saturated carbocycles. The normalized spacial score (nSPS) is 17.5. The van der Waals surface area contributed by atoms with Crippen molar-refractivity contribution in [3.05, 3.63) is 63.9 Å². The molecule has 2 nitrogen and oxygen atoms in total. The Morgan fingerprint density at radius 2 is 2.05 bits per heavy atom. The van der Waals surface area contributed by atoms with Gasteiger partial charge in [-0.1, -0.05) is 34.1 Å². The van der Waals surface area contributed by atoms with Crippen molar-refractivity contribution in [2.75, 3.05) is 4.90 Å². The Bertz CT molecular complexity index is 701. The molecule has 0 aromatic heterocycles. The topological polar surface area (TPSA) is 20.3 Å². The van der Waals surface area contributed by atoms with Crippen molar-refractivity contribution in [2.45, 2.75) is 25.8 Å². The van der Waals surface area contributed by atoms with Gasteiger partial charge in [-0.2, -0.15) is 0 Å². The minimum Gasteiger partial charge on any atom is -0.305 e. The number of para-hydroxylation sites is 1. The number of hydrogen-bond acceptors (Lipinski definition) is 1. The van der Waals surface area contributed by atoms with Crippen LogP contribution < -0.4 is 4.90 Å². The van der Waals surface area contributed by atoms with Gasteiger partial charge in [-0.05, 0) is 49.6 Å². The number of anilines is 1. The number of fused-ring (bicyclic) bond motifs is 1. The molecule has 0 aliphatic carbocycles. The van der Waals surface area contributed by atoms with Crippen LogP contribution in [0.3, 0.4) is 0 Å². The van der Waals surface area contributed by atoms with Gasteiger partial charge in [0, 0.05) is 16.2 Å². The summed E-state index contributed by atoms with van der Waals surface area (Å²) in [4.78, 5) is 14.5. The number of benzene rings is 2. The Hall–Kier alpha value is -1.68. The van der Waals surface area contributed by atoms with Gasteiger partial charge in [-0.25, -0.2) is 4.39 Å². The molecule has 1 unspecified atom stereocenters. The molecule has 21 heavy (non-hydrogen) atoms. The van der Waals surface area contributed by atoms with Gasteiger partial charge in [0.2, 0.25) is 0 Å². The van der Waals surface area contributed by atoms with Gasteiger partial charge in [0.25, 0.3) is 5.91 Å². The second-order valence-corrected chi connectivity index (χ2v) is 6.23. The van der Waals surface area contributed by atoms with Crippen LogP contribution in [0, 0.1) is 5.82 Å². The van der Waals surface area contributed by atoms with Crippen molar-refractivity contribution in [3.8, 4) is 0 Å². The summed E-state index contributed by atoms with van der Waals surface area (Å²) in [6, 6.07) is 12.4. The van der Waals surface area contributed by atoms with Crippen LogP contribution in [0.2, 0.25) is 0 Å². The van der Waals surface area contributed by atoms with Crippen molar-refractivity contribution >= 4 is 27.5 Å². The standard InChI is InChI=1S/C17H15BrFNO/c1-11-6-7-12-4-2-3-5-16(12)20(11)17(21)14-10-13(18)8-9-15(14)19/h2-5,8-11H,6-7H2,1H3. The molecule has 1 atom stereocenters. The van der Waals surface area contributed by atoms with Gasteiger partial charge in [-0.3, -0.25) is 4.79 Å². The fraction of sp³-hybridized carbons (Fsp3) is 0.235. The van der Waals surface area contributed by atoms with E-state index >= 15 is 0 Å². The molecule has 1 aliphatic heterocycles. The molecule has 0 N–H and O–H groups in total. The summed E-state index contributed by atoms with van der Waals surface area (Å²) in [6.45, 7) is 2.00. The van der Waals surface area contributed by atoms with Gasteiger partial charge in [0.15, 0.2) is 0 Å². The average Bonchev–Trinajstić information content (AvgIpc) is 2.49. The van der Waals surface area contributed by atoms with Gasteiger partial charge < -0.3 is 4.90 Å². The van der Waals surface area contributed by atoms with E-state index in [1.54, 1.807) is 17.0 Å². The van der Waals surface area contributed by atoms with E-state index in [4.69, 9.17) is 0 Å². The average molecular weight is 348 g/mol. The molecule has 0 fully saturated rings. The number of carbonyl (C=O) groups is 1. The Kier molecular flexibility index (Phi) is 3.81. The third-order valence-corrected chi connectivity index (χ3v) is 4.39. The lowest BCUT2D eigenvalue weighted by Crippen LogP contribution is -2.42. The molecule has 4 heteroatoms. The Morgan fingerprint density at radius 1 is 1.29 bits per heavy atom. The molecule has 0 saturated heterocycles. The van der Waals surface area contributed by atoms with Crippen LogP contribution in [0.15, 0.2) is 46.9 Å². The van der Waals surface area contributed by atoms with Gasteiger partial charge in [-0.15, -0.1) is 0 Å². The number of aryl methyl sites for hydroxylation is 1. The SMILES string of the molecule is CC1CCc2ccccc2N1C(=O)c1cc(Br)ccc1F. The first-order valence-electron chi connectivity index (χ1n) is 6.94. The van der Waals surface area contributed by atoms with E-state index in [0.717, 1.165) is 24.1 Å². The van der Waals surface area contributed by atoms with E-state index in [-0.39, 0.29) is 17.5 Å². The molecule has 108 valence electrons. The zero-order chi connectivity index (χ0) is 15.0. The first-order valence-corrected chi connectivity index (χ1v) is 7.74. The predicted molar refractivity (Wildman–Crippen MR) is 85.1 cm³/mol. The summed E-state index contributed by atoms with van der Waals surface area (Å²) in [6.07, 6.45) is 1.83. The van der Waals surface area contributed by atoms with Crippen molar-refractivity contribution in [2.24, 2.45) is 0 Å². The van der Waals surface area contributed by atoms with Crippen LogP contribution in [0.1, 0.15) is 29.3 Å². The zero-order valence-electron chi connectivity index (χ0n) is 11.6. The molecule has 0 spiro atoms. The Morgan fingerprint density at radius 3 is 2.86 bits per heavy atom. The van der Waals surface area contributed by atoms with Crippen molar-refractivity contribution in [1.82, 2.24) is 0 Å². The first kappa shape index (κ1) is 14.3. The van der Waals surface area contributed by atoms with Crippen molar-refractivity contribution < 1.29 is 9.18 Å². The summed E-state index contributed by atoms with van der Waals surface area (Å²) in [5.41, 5.74) is 2.13. The second kappa shape index (κ2) is 5.60. The molecule has 1 heterocycles. The maximum atomic E-state index is 14.0. The third kappa shape index (κ3) is 2.60. The maximum absolute atomic E-state index is 14.0. The second-order valence-electron chi connectivity index (χ2n) is 5.32. The lowest BCUT2D eigenvalue weighted by molar-refractivity contribution is 0.0971. The monoisotopic (exact) mass is 347 g/mol. The molecular formula is C17H15BrFNO. The highest BCUT2D eigenvalue weighted by Gasteiger charge is 2.30. The number of halogens is 2. The molecule has 3 rings (SSSR count). The minimum absolute atomic E-state index is 0.0609. The van der Waals surface area contributed by atoms with E-state index < -0.39 is 5.82 Å². The van der Waals surface area contributed by atoms with Crippen molar-refractivity contribution in [1.29, 1.82) is 0 Å². The van der Waals surface area contributed by atoms with E-state index in [9.17, 15) is 9.18 Å². The predicted octanol–water partition coefficient (Wildman–Crippen LogP) is 4.57. The molecular weight excluding hydrogens is 333 g/mol. The fourth-order valence-electron chi connectivity index (χ4n) is 2.79. The van der Waals surface area contributed by atoms with Gasteiger partial charge >= 0.3 is 0 Å². The Balaban J connectivity index is 2.07. The third-order valence-electron chi connectivity index (χ3n) is 3.90. The van der Waals surface area contributed by atoms with E-state index in [1.165, 1.54) is 6.07 Å². The number of hydrogen-bond donors (Lipinski definition) is 0. The van der Waals surface area contributed by atoms with Crippen molar-refractivity contribution in [3.63, 3.8) is 0 Å². The van der Waals surface area contributed by atoms with Crippen LogP contribution in [0.5, 0.6) is 0 Å². The fourth-order valence-corrected chi connectivity index (χ4v) is 3.15. The van der Waals surface area contributed by atoms with E-state index in [1.807, 2.05) is 31.2 Å². The number of rotatable bonds is 1. The largest absolute Gasteiger partial charge is 0.305 e. The van der Waals surface area contributed by atoms with Crippen LogP contribution in [0.25, 0.3) is 0 Å². The number of nitrogens with zero attached hydrogens (tertiary/aromatic N) is 1. The maximum Gasteiger partial charge on any atom is 0.261 e.